The minimum atomic E-state index is -4.73. The maximum absolute atomic E-state index is 12.5. The second-order valence-electron chi connectivity index (χ2n) is 4.96. The highest BCUT2D eigenvalue weighted by molar-refractivity contribution is 5.86. The zero-order valence-electron chi connectivity index (χ0n) is 10.7. The molecule has 0 radical (unpaired) electrons. The molecule has 2 atom stereocenters. The van der Waals surface area contributed by atoms with E-state index in [1.165, 1.54) is 0 Å². The van der Waals surface area contributed by atoms with E-state index in [0.29, 0.717) is 6.92 Å². The summed E-state index contributed by atoms with van der Waals surface area (Å²) in [6.07, 6.45) is -3.84. The van der Waals surface area contributed by atoms with E-state index in [2.05, 4.69) is 10.2 Å². The fraction of sp³-hybridized carbons (Fsp3) is 0.909. The summed E-state index contributed by atoms with van der Waals surface area (Å²) in [6.45, 7) is 5.62. The predicted octanol–water partition coefficient (Wildman–Crippen LogP) is 0.724. The van der Waals surface area contributed by atoms with Crippen LogP contribution in [0.15, 0.2) is 0 Å². The number of alkyl halides is 3. The van der Waals surface area contributed by atoms with Crippen molar-refractivity contribution in [1.29, 1.82) is 0 Å². The Hall–Kier alpha value is -0.820. The van der Waals surface area contributed by atoms with Gasteiger partial charge in [0.1, 0.15) is 0 Å². The number of likely N-dealkylation sites (tertiary alicyclic amines) is 1. The summed E-state index contributed by atoms with van der Waals surface area (Å²) in [5, 5.41) is 2.31. The summed E-state index contributed by atoms with van der Waals surface area (Å²) in [4.78, 5) is 13.6. The molecule has 1 heterocycles. The molecule has 0 saturated carbocycles. The molecule has 7 heteroatoms. The zero-order valence-corrected chi connectivity index (χ0v) is 10.7. The number of nitrogens with zero attached hydrogens (tertiary/aromatic N) is 1. The van der Waals surface area contributed by atoms with Crippen molar-refractivity contribution >= 4 is 5.91 Å². The third-order valence-electron chi connectivity index (χ3n) is 3.43. The lowest BCUT2D eigenvalue weighted by atomic mass is 10.0. The second-order valence-corrected chi connectivity index (χ2v) is 4.96. The van der Waals surface area contributed by atoms with Gasteiger partial charge < -0.3 is 16.0 Å². The van der Waals surface area contributed by atoms with Crippen LogP contribution in [0.2, 0.25) is 0 Å². The normalized spacial score (nSPS) is 24.9. The van der Waals surface area contributed by atoms with Gasteiger partial charge in [0.2, 0.25) is 5.91 Å². The molecule has 4 nitrogen and oxygen atoms in total. The van der Waals surface area contributed by atoms with Crippen molar-refractivity contribution in [2.75, 3.05) is 26.2 Å². The second kappa shape index (κ2) is 5.44. The van der Waals surface area contributed by atoms with Crippen LogP contribution in [0.5, 0.6) is 0 Å². The SMILES string of the molecule is CCN1CCC(CNC(=O)C(C)(N)C(F)(F)F)C1. The Labute approximate surface area is 105 Å². The summed E-state index contributed by atoms with van der Waals surface area (Å²) in [6, 6.07) is 0. The first-order chi connectivity index (χ1) is 8.18. The van der Waals surface area contributed by atoms with Crippen molar-refractivity contribution in [2.45, 2.75) is 32.0 Å². The van der Waals surface area contributed by atoms with Gasteiger partial charge in [0.05, 0.1) is 0 Å². The molecule has 0 bridgehead atoms. The molecule has 0 aromatic heterocycles. The first-order valence-corrected chi connectivity index (χ1v) is 6.04. The molecule has 3 N–H and O–H groups in total. The Bertz CT molecular complexity index is 304. The van der Waals surface area contributed by atoms with Gasteiger partial charge in [-0.05, 0) is 32.4 Å². The summed E-state index contributed by atoms with van der Waals surface area (Å²) in [7, 11) is 0. The number of hydrogen-bond donors (Lipinski definition) is 2. The molecule has 0 aromatic carbocycles. The lowest BCUT2D eigenvalue weighted by Gasteiger charge is -2.26. The molecule has 0 spiro atoms. The van der Waals surface area contributed by atoms with Crippen molar-refractivity contribution in [2.24, 2.45) is 11.7 Å². The Kier molecular flexibility index (Phi) is 4.61. The quantitative estimate of drug-likeness (QED) is 0.789. The van der Waals surface area contributed by atoms with Crippen molar-refractivity contribution < 1.29 is 18.0 Å². The number of halogens is 3. The van der Waals surface area contributed by atoms with Crippen LogP contribution >= 0.6 is 0 Å². The Morgan fingerprint density at radius 3 is 2.56 bits per heavy atom. The van der Waals surface area contributed by atoms with Gasteiger partial charge in [-0.1, -0.05) is 6.92 Å². The third kappa shape index (κ3) is 3.35. The maximum Gasteiger partial charge on any atom is 0.415 e. The predicted molar refractivity (Wildman–Crippen MR) is 61.9 cm³/mol. The number of carbonyl (C=O) groups is 1. The van der Waals surface area contributed by atoms with Gasteiger partial charge in [-0.3, -0.25) is 4.79 Å². The monoisotopic (exact) mass is 267 g/mol. The third-order valence-corrected chi connectivity index (χ3v) is 3.43. The molecule has 18 heavy (non-hydrogen) atoms. The molecule has 106 valence electrons. The van der Waals surface area contributed by atoms with Crippen molar-refractivity contribution in [3.05, 3.63) is 0 Å². The summed E-state index contributed by atoms with van der Waals surface area (Å²) < 4.78 is 37.5. The number of rotatable bonds is 4. The zero-order chi connectivity index (χ0) is 14.0. The number of carbonyl (C=O) groups excluding carboxylic acids is 1. The summed E-state index contributed by atoms with van der Waals surface area (Å²) in [5.74, 6) is -0.956. The Morgan fingerprint density at radius 1 is 1.50 bits per heavy atom. The molecule has 1 amide bonds. The highest BCUT2D eigenvalue weighted by Crippen LogP contribution is 2.28. The van der Waals surface area contributed by atoms with Crippen LogP contribution in [0.25, 0.3) is 0 Å². The van der Waals surface area contributed by atoms with E-state index >= 15 is 0 Å². The number of hydrogen-bond acceptors (Lipinski definition) is 3. The van der Waals surface area contributed by atoms with E-state index in [-0.39, 0.29) is 12.5 Å². The molecule has 1 rings (SSSR count). The van der Waals surface area contributed by atoms with Crippen molar-refractivity contribution in [1.82, 2.24) is 10.2 Å². The number of nitrogens with one attached hydrogen (secondary N) is 1. The molecule has 1 saturated heterocycles. The van der Waals surface area contributed by atoms with Crippen LogP contribution in [-0.2, 0) is 4.79 Å². The topological polar surface area (TPSA) is 58.4 Å². The van der Waals surface area contributed by atoms with E-state index in [4.69, 9.17) is 5.73 Å². The van der Waals surface area contributed by atoms with Gasteiger partial charge in [-0.25, -0.2) is 0 Å². The molecule has 2 unspecified atom stereocenters. The van der Waals surface area contributed by atoms with E-state index < -0.39 is 17.6 Å². The summed E-state index contributed by atoms with van der Waals surface area (Å²) >= 11 is 0. The Morgan fingerprint density at radius 2 is 2.11 bits per heavy atom. The molecule has 0 aliphatic carbocycles. The minimum absolute atomic E-state index is 0.206. The molecule has 1 fully saturated rings. The van der Waals surface area contributed by atoms with Crippen LogP contribution < -0.4 is 11.1 Å². The first kappa shape index (κ1) is 15.2. The molecular weight excluding hydrogens is 247 g/mol. The standard InChI is InChI=1S/C11H20F3N3O/c1-3-17-5-4-8(7-17)6-16-9(18)10(2,15)11(12,13)14/h8H,3-7,15H2,1-2H3,(H,16,18). The van der Waals surface area contributed by atoms with Gasteiger partial charge in [-0.15, -0.1) is 0 Å². The largest absolute Gasteiger partial charge is 0.415 e. The van der Waals surface area contributed by atoms with Gasteiger partial charge in [-0.2, -0.15) is 13.2 Å². The minimum Gasteiger partial charge on any atom is -0.354 e. The average Bonchev–Trinajstić information content (AvgIpc) is 2.72. The lowest BCUT2D eigenvalue weighted by molar-refractivity contribution is -0.187. The molecular formula is C11H20F3N3O. The van der Waals surface area contributed by atoms with Crippen LogP contribution in [0.1, 0.15) is 20.3 Å². The van der Waals surface area contributed by atoms with Gasteiger partial charge in [0, 0.05) is 13.1 Å². The van der Waals surface area contributed by atoms with E-state index in [0.717, 1.165) is 26.1 Å². The van der Waals surface area contributed by atoms with E-state index in [1.54, 1.807) is 0 Å². The van der Waals surface area contributed by atoms with Crippen LogP contribution in [-0.4, -0.2) is 48.7 Å². The molecule has 1 aliphatic rings. The number of nitrogens with two attached hydrogens (primary N) is 1. The van der Waals surface area contributed by atoms with Gasteiger partial charge in [0.15, 0.2) is 5.54 Å². The lowest BCUT2D eigenvalue weighted by Crippen LogP contribution is -2.61. The Balaban J connectivity index is 2.43. The van der Waals surface area contributed by atoms with Crippen LogP contribution in [0, 0.1) is 5.92 Å². The first-order valence-electron chi connectivity index (χ1n) is 6.04. The van der Waals surface area contributed by atoms with Crippen LogP contribution in [0.4, 0.5) is 13.2 Å². The number of amides is 1. The molecule has 0 aromatic rings. The highest BCUT2D eigenvalue weighted by Gasteiger charge is 2.53. The van der Waals surface area contributed by atoms with Crippen LogP contribution in [0.3, 0.4) is 0 Å². The maximum atomic E-state index is 12.5. The molecule has 1 aliphatic heterocycles. The van der Waals surface area contributed by atoms with Gasteiger partial charge in [0.25, 0.3) is 0 Å². The average molecular weight is 267 g/mol. The highest BCUT2D eigenvalue weighted by atomic mass is 19.4. The van der Waals surface area contributed by atoms with E-state index in [1.807, 2.05) is 6.92 Å². The smallest absolute Gasteiger partial charge is 0.354 e. The fourth-order valence-electron chi connectivity index (χ4n) is 1.92. The fourth-order valence-corrected chi connectivity index (χ4v) is 1.92. The van der Waals surface area contributed by atoms with Gasteiger partial charge >= 0.3 is 6.18 Å². The van der Waals surface area contributed by atoms with Crippen molar-refractivity contribution in [3.8, 4) is 0 Å². The van der Waals surface area contributed by atoms with Crippen molar-refractivity contribution in [3.63, 3.8) is 0 Å². The van der Waals surface area contributed by atoms with E-state index in [9.17, 15) is 18.0 Å². The summed E-state index contributed by atoms with van der Waals surface area (Å²) in [5.41, 5.74) is 2.20.